The first-order valence-corrected chi connectivity index (χ1v) is 9.59. The number of piperidine rings is 3. The Hall–Kier alpha value is -2.61. The summed E-state index contributed by atoms with van der Waals surface area (Å²) >= 11 is 0. The number of hydrogen-bond acceptors (Lipinski definition) is 6. The lowest BCUT2D eigenvalue weighted by molar-refractivity contribution is -0.120. The maximum Gasteiger partial charge on any atom is 0.270 e. The molecule has 8 nitrogen and oxygen atoms in total. The van der Waals surface area contributed by atoms with Gasteiger partial charge in [-0.05, 0) is 37.9 Å². The molecule has 1 unspecified atom stereocenters. The molecule has 27 heavy (non-hydrogen) atoms. The molecule has 6 rings (SSSR count). The van der Waals surface area contributed by atoms with Crippen LogP contribution in [0.15, 0.2) is 22.9 Å². The highest BCUT2D eigenvalue weighted by atomic mass is 16.3. The molecule has 0 aliphatic carbocycles. The third kappa shape index (κ3) is 3.03. The van der Waals surface area contributed by atoms with Gasteiger partial charge in [-0.1, -0.05) is 0 Å². The van der Waals surface area contributed by atoms with E-state index in [1.807, 2.05) is 4.90 Å². The van der Waals surface area contributed by atoms with Crippen LogP contribution in [0.5, 0.6) is 0 Å². The van der Waals surface area contributed by atoms with E-state index in [0.29, 0.717) is 30.3 Å². The van der Waals surface area contributed by atoms with E-state index in [1.165, 1.54) is 0 Å². The normalized spacial score (nSPS) is 27.6. The maximum atomic E-state index is 12.8. The molecule has 2 amide bonds. The van der Waals surface area contributed by atoms with Crippen molar-refractivity contribution in [3.8, 4) is 0 Å². The van der Waals surface area contributed by atoms with Gasteiger partial charge in [0.25, 0.3) is 5.91 Å². The van der Waals surface area contributed by atoms with Crippen LogP contribution in [0.2, 0.25) is 0 Å². The number of piperazine rings is 1. The van der Waals surface area contributed by atoms with E-state index in [-0.39, 0.29) is 24.4 Å². The largest absolute Gasteiger partial charge is 0.460 e. The molecule has 0 aromatic carbocycles. The summed E-state index contributed by atoms with van der Waals surface area (Å²) < 4.78 is 5.59. The van der Waals surface area contributed by atoms with Crippen LogP contribution in [0.1, 0.15) is 23.3 Å². The second-order valence-electron chi connectivity index (χ2n) is 7.68. The number of fused-ring (bicyclic) bond motifs is 4. The number of anilines is 1. The second-order valence-corrected chi connectivity index (χ2v) is 7.68. The van der Waals surface area contributed by atoms with Gasteiger partial charge in [0, 0.05) is 31.1 Å². The van der Waals surface area contributed by atoms with Crippen molar-refractivity contribution in [1.29, 1.82) is 0 Å². The van der Waals surface area contributed by atoms with E-state index in [1.54, 1.807) is 18.5 Å². The monoisotopic (exact) mass is 369 g/mol. The molecule has 2 N–H and O–H groups in total. The zero-order chi connectivity index (χ0) is 18.4. The molecule has 142 valence electrons. The topological polar surface area (TPSA) is 90.7 Å². The summed E-state index contributed by atoms with van der Waals surface area (Å²) in [6.45, 7) is 4.82. The van der Waals surface area contributed by atoms with Crippen molar-refractivity contribution in [2.24, 2.45) is 5.92 Å². The van der Waals surface area contributed by atoms with Gasteiger partial charge in [0.05, 0.1) is 18.4 Å². The van der Waals surface area contributed by atoms with Crippen LogP contribution in [0, 0.1) is 5.92 Å². The third-order valence-corrected chi connectivity index (χ3v) is 6.03. The van der Waals surface area contributed by atoms with Crippen molar-refractivity contribution in [1.82, 2.24) is 20.5 Å². The van der Waals surface area contributed by atoms with Crippen LogP contribution in [0.3, 0.4) is 0 Å². The summed E-state index contributed by atoms with van der Waals surface area (Å²) in [6, 6.07) is 1.98. The van der Waals surface area contributed by atoms with E-state index in [4.69, 9.17) is 4.42 Å². The van der Waals surface area contributed by atoms with Crippen molar-refractivity contribution in [2.75, 3.05) is 44.2 Å². The summed E-state index contributed by atoms with van der Waals surface area (Å²) in [7, 11) is 0. The summed E-state index contributed by atoms with van der Waals surface area (Å²) in [5.74, 6) is 0.420. The number of carbonyl (C=O) groups excluding carboxylic acids is 2. The molecule has 1 atom stereocenters. The lowest BCUT2D eigenvalue weighted by Gasteiger charge is -2.44. The molecular formula is C19H23N5O3. The van der Waals surface area contributed by atoms with Crippen molar-refractivity contribution in [3.63, 3.8) is 0 Å². The fourth-order valence-electron chi connectivity index (χ4n) is 4.50. The van der Waals surface area contributed by atoms with Crippen LogP contribution < -0.4 is 15.5 Å². The van der Waals surface area contributed by atoms with Crippen LogP contribution >= 0.6 is 0 Å². The quantitative estimate of drug-likeness (QED) is 0.823. The number of carbonyl (C=O) groups is 2. The van der Waals surface area contributed by atoms with Crippen molar-refractivity contribution in [3.05, 3.63) is 24.2 Å². The van der Waals surface area contributed by atoms with E-state index < -0.39 is 0 Å². The van der Waals surface area contributed by atoms with Gasteiger partial charge in [-0.15, -0.1) is 0 Å². The molecule has 8 heteroatoms. The molecular weight excluding hydrogens is 346 g/mol. The summed E-state index contributed by atoms with van der Waals surface area (Å²) in [4.78, 5) is 33.2. The maximum absolute atomic E-state index is 12.8. The Morgan fingerprint density at radius 3 is 2.89 bits per heavy atom. The Morgan fingerprint density at radius 1 is 1.30 bits per heavy atom. The van der Waals surface area contributed by atoms with Crippen molar-refractivity contribution < 1.29 is 14.0 Å². The highest BCUT2D eigenvalue weighted by Gasteiger charge is 2.35. The molecule has 6 heterocycles. The van der Waals surface area contributed by atoms with E-state index in [2.05, 4.69) is 20.5 Å². The van der Waals surface area contributed by atoms with Crippen LogP contribution in [0.25, 0.3) is 11.0 Å². The fourth-order valence-corrected chi connectivity index (χ4v) is 4.50. The van der Waals surface area contributed by atoms with Crippen molar-refractivity contribution >= 4 is 28.5 Å². The predicted octanol–water partition coefficient (Wildman–Crippen LogP) is 0.588. The zero-order valence-electron chi connectivity index (χ0n) is 15.1. The minimum absolute atomic E-state index is 0.00928. The SMILES string of the molecule is O=C1CN(c2coc3cnc(C(=O)NC4CN5CCC4CC5)cc23)CCN1. The Kier molecular flexibility index (Phi) is 4.00. The first-order chi connectivity index (χ1) is 13.2. The Balaban J connectivity index is 1.38. The third-order valence-electron chi connectivity index (χ3n) is 6.03. The molecule has 4 fully saturated rings. The van der Waals surface area contributed by atoms with E-state index >= 15 is 0 Å². The molecule has 4 aliphatic heterocycles. The standard InChI is InChI=1S/C19H23N5O3/c25-18-10-24(6-3-20-18)16-11-27-17-8-21-14(7-13(16)17)19(26)22-15-9-23-4-1-12(15)2-5-23/h7-8,11-12,15H,1-6,9-10H2,(H,20,25)(H,22,26). The fraction of sp³-hybridized carbons (Fsp3) is 0.526. The smallest absolute Gasteiger partial charge is 0.270 e. The van der Waals surface area contributed by atoms with Gasteiger partial charge >= 0.3 is 0 Å². The van der Waals surface area contributed by atoms with E-state index in [0.717, 1.165) is 43.5 Å². The number of hydrogen-bond donors (Lipinski definition) is 2. The molecule has 4 aliphatic rings. The molecule has 0 saturated carbocycles. The average Bonchev–Trinajstić information content (AvgIpc) is 3.12. The van der Waals surface area contributed by atoms with Gasteiger partial charge in [-0.2, -0.15) is 0 Å². The lowest BCUT2D eigenvalue weighted by Crippen LogP contribution is -2.57. The second kappa shape index (κ2) is 6.53. The Bertz CT molecular complexity index is 887. The van der Waals surface area contributed by atoms with Gasteiger partial charge in [0.15, 0.2) is 5.58 Å². The van der Waals surface area contributed by atoms with E-state index in [9.17, 15) is 9.59 Å². The highest BCUT2D eigenvalue weighted by molar-refractivity contribution is 6.00. The Labute approximate surface area is 156 Å². The van der Waals surface area contributed by atoms with Crippen LogP contribution in [-0.4, -0.2) is 67.0 Å². The number of nitrogens with zero attached hydrogens (tertiary/aromatic N) is 3. The molecule has 2 aromatic rings. The molecule has 4 saturated heterocycles. The number of amides is 2. The Morgan fingerprint density at radius 2 is 2.15 bits per heavy atom. The molecule has 0 radical (unpaired) electrons. The minimum atomic E-state index is -0.140. The molecule has 2 aromatic heterocycles. The van der Waals surface area contributed by atoms with Gasteiger partial charge in [-0.25, -0.2) is 4.98 Å². The number of furan rings is 1. The number of rotatable bonds is 3. The molecule has 2 bridgehead atoms. The predicted molar refractivity (Wildman–Crippen MR) is 99.6 cm³/mol. The lowest BCUT2D eigenvalue weighted by atomic mass is 9.84. The van der Waals surface area contributed by atoms with Gasteiger partial charge in [-0.3, -0.25) is 9.59 Å². The first kappa shape index (κ1) is 16.6. The van der Waals surface area contributed by atoms with Gasteiger partial charge < -0.3 is 24.9 Å². The highest BCUT2D eigenvalue weighted by Crippen LogP contribution is 2.30. The summed E-state index contributed by atoms with van der Waals surface area (Å²) in [5.41, 5.74) is 1.84. The summed E-state index contributed by atoms with van der Waals surface area (Å²) in [5, 5.41) is 6.82. The average molecular weight is 369 g/mol. The van der Waals surface area contributed by atoms with Crippen molar-refractivity contribution in [2.45, 2.75) is 18.9 Å². The summed E-state index contributed by atoms with van der Waals surface area (Å²) in [6.07, 6.45) is 5.54. The van der Waals surface area contributed by atoms with Crippen LogP contribution in [0.4, 0.5) is 5.69 Å². The first-order valence-electron chi connectivity index (χ1n) is 9.59. The van der Waals surface area contributed by atoms with Crippen LogP contribution in [-0.2, 0) is 4.79 Å². The van der Waals surface area contributed by atoms with Gasteiger partial charge in [0.2, 0.25) is 5.91 Å². The zero-order valence-corrected chi connectivity index (χ0v) is 15.1. The number of nitrogens with one attached hydrogen (secondary N) is 2. The number of aromatic nitrogens is 1. The van der Waals surface area contributed by atoms with Gasteiger partial charge in [0.1, 0.15) is 12.0 Å². The molecule has 0 spiro atoms. The number of pyridine rings is 1. The minimum Gasteiger partial charge on any atom is -0.460 e.